The summed E-state index contributed by atoms with van der Waals surface area (Å²) >= 11 is 1.24. The van der Waals surface area contributed by atoms with E-state index < -0.39 is 0 Å². The maximum Gasteiger partial charge on any atom is 0.266 e. The first-order valence-electron chi connectivity index (χ1n) is 9.41. The number of rotatable bonds is 3. The molecule has 146 valence electrons. The monoisotopic (exact) mass is 397 g/mol. The summed E-state index contributed by atoms with van der Waals surface area (Å²) in [6, 6.07) is 3.82. The van der Waals surface area contributed by atoms with Crippen LogP contribution in [0.3, 0.4) is 0 Å². The molecule has 4 rings (SSSR count). The lowest BCUT2D eigenvalue weighted by Crippen LogP contribution is -2.33. The first-order chi connectivity index (χ1) is 13.4. The van der Waals surface area contributed by atoms with Crippen molar-refractivity contribution < 1.29 is 4.79 Å². The Hall–Kier alpha value is -2.74. The van der Waals surface area contributed by atoms with Crippen molar-refractivity contribution in [3.63, 3.8) is 0 Å². The molecule has 3 aromatic heterocycles. The van der Waals surface area contributed by atoms with Crippen molar-refractivity contribution >= 4 is 39.0 Å². The van der Waals surface area contributed by atoms with E-state index in [1.807, 2.05) is 12.1 Å². The second kappa shape index (κ2) is 7.35. The molecule has 7 nitrogen and oxygen atoms in total. The number of carbonyl (C=O) groups excluding carboxylic acids is 1. The van der Waals surface area contributed by atoms with Gasteiger partial charge >= 0.3 is 0 Å². The van der Waals surface area contributed by atoms with Gasteiger partial charge in [0.05, 0.1) is 28.5 Å². The van der Waals surface area contributed by atoms with Crippen molar-refractivity contribution in [2.24, 2.45) is 13.0 Å². The number of aryl methyl sites for hydroxylation is 2. The van der Waals surface area contributed by atoms with Gasteiger partial charge in [0.25, 0.3) is 11.5 Å². The summed E-state index contributed by atoms with van der Waals surface area (Å²) in [5.41, 5.74) is 1.16. The van der Waals surface area contributed by atoms with E-state index in [0.29, 0.717) is 26.3 Å². The first-order valence-corrected chi connectivity index (χ1v) is 10.2. The minimum absolute atomic E-state index is 0.139. The fourth-order valence-corrected chi connectivity index (χ4v) is 4.53. The van der Waals surface area contributed by atoms with Gasteiger partial charge < -0.3 is 14.8 Å². The van der Waals surface area contributed by atoms with E-state index in [1.165, 1.54) is 35.1 Å². The van der Waals surface area contributed by atoms with Gasteiger partial charge in [-0.2, -0.15) is 0 Å². The number of anilines is 2. The smallest absolute Gasteiger partial charge is 0.266 e. The molecule has 4 heterocycles. The Labute approximate surface area is 167 Å². The molecule has 1 amide bonds. The molecule has 0 radical (unpaired) electrons. The standard InChI is InChI=1S/C20H23N5O2S/c1-12-6-8-25(9-7-12)15-5-4-14(10-21-15)23-18(26)17-13(2)16-19(28-17)22-11-24(3)20(16)27/h4-5,10-12H,6-9H2,1-3H3,(H,23,26). The zero-order valence-electron chi connectivity index (χ0n) is 16.2. The van der Waals surface area contributed by atoms with Gasteiger partial charge in [0, 0.05) is 20.1 Å². The number of pyridine rings is 1. The fraction of sp³-hybridized carbons (Fsp3) is 0.400. The number of carbonyl (C=O) groups is 1. The molecular weight excluding hydrogens is 374 g/mol. The molecule has 0 saturated carbocycles. The van der Waals surface area contributed by atoms with Crippen molar-refractivity contribution in [1.82, 2.24) is 14.5 Å². The molecule has 0 aromatic carbocycles. The van der Waals surface area contributed by atoms with Gasteiger partial charge in [-0.05, 0) is 43.4 Å². The highest BCUT2D eigenvalue weighted by Gasteiger charge is 2.20. The molecule has 28 heavy (non-hydrogen) atoms. The second-order valence-corrected chi connectivity index (χ2v) is 8.42. The van der Waals surface area contributed by atoms with Gasteiger partial charge in [0.15, 0.2) is 0 Å². The number of thiophene rings is 1. The molecule has 0 atom stereocenters. The van der Waals surface area contributed by atoms with Crippen LogP contribution in [-0.4, -0.2) is 33.5 Å². The molecule has 1 fully saturated rings. The van der Waals surface area contributed by atoms with Crippen LogP contribution in [0.4, 0.5) is 11.5 Å². The third-order valence-corrected chi connectivity index (χ3v) is 6.53. The van der Waals surface area contributed by atoms with Crippen LogP contribution in [-0.2, 0) is 7.05 Å². The van der Waals surface area contributed by atoms with E-state index in [0.717, 1.165) is 24.8 Å². The average Bonchev–Trinajstić information content (AvgIpc) is 3.03. The molecular formula is C20H23N5O2S. The Morgan fingerprint density at radius 3 is 2.68 bits per heavy atom. The number of piperidine rings is 1. The van der Waals surface area contributed by atoms with Crippen molar-refractivity contribution in [2.75, 3.05) is 23.3 Å². The summed E-state index contributed by atoms with van der Waals surface area (Å²) in [5, 5.41) is 3.39. The predicted octanol–water partition coefficient (Wildman–Crippen LogP) is 3.19. The molecule has 1 N–H and O–H groups in total. The zero-order chi connectivity index (χ0) is 19.8. The summed E-state index contributed by atoms with van der Waals surface area (Å²) in [6.45, 7) is 6.10. The summed E-state index contributed by atoms with van der Waals surface area (Å²) < 4.78 is 1.42. The molecule has 0 bridgehead atoms. The summed E-state index contributed by atoms with van der Waals surface area (Å²) in [4.78, 5) is 37.2. The zero-order valence-corrected chi connectivity index (χ0v) is 17.0. The Morgan fingerprint density at radius 2 is 2.00 bits per heavy atom. The lowest BCUT2D eigenvalue weighted by atomic mass is 9.99. The van der Waals surface area contributed by atoms with E-state index in [9.17, 15) is 9.59 Å². The number of hydrogen-bond acceptors (Lipinski definition) is 6. The second-order valence-electron chi connectivity index (χ2n) is 7.43. The molecule has 1 aliphatic rings. The summed E-state index contributed by atoms with van der Waals surface area (Å²) in [5.74, 6) is 1.46. The van der Waals surface area contributed by atoms with Gasteiger partial charge in [-0.1, -0.05) is 6.92 Å². The van der Waals surface area contributed by atoms with Gasteiger partial charge in [-0.25, -0.2) is 9.97 Å². The molecule has 1 aliphatic heterocycles. The third-order valence-electron chi connectivity index (χ3n) is 5.33. The van der Waals surface area contributed by atoms with Gasteiger partial charge in [0.2, 0.25) is 0 Å². The minimum atomic E-state index is -0.246. The van der Waals surface area contributed by atoms with Crippen LogP contribution < -0.4 is 15.8 Å². The minimum Gasteiger partial charge on any atom is -0.357 e. The van der Waals surface area contributed by atoms with E-state index in [2.05, 4.69) is 27.1 Å². The van der Waals surface area contributed by atoms with E-state index >= 15 is 0 Å². The van der Waals surface area contributed by atoms with Crippen molar-refractivity contribution in [1.29, 1.82) is 0 Å². The van der Waals surface area contributed by atoms with Crippen molar-refractivity contribution in [2.45, 2.75) is 26.7 Å². The Bertz CT molecular complexity index is 1080. The summed E-state index contributed by atoms with van der Waals surface area (Å²) in [6.07, 6.45) is 5.52. The van der Waals surface area contributed by atoms with Gasteiger partial charge in [0.1, 0.15) is 10.6 Å². The van der Waals surface area contributed by atoms with Crippen LogP contribution in [0.1, 0.15) is 35.0 Å². The number of amides is 1. The number of hydrogen-bond donors (Lipinski definition) is 1. The molecule has 0 unspecified atom stereocenters. The third kappa shape index (κ3) is 3.40. The SMILES string of the molecule is Cc1c(C(=O)Nc2ccc(N3CCC(C)CC3)nc2)sc2ncn(C)c(=O)c12. The van der Waals surface area contributed by atoms with Crippen LogP contribution >= 0.6 is 11.3 Å². The summed E-state index contributed by atoms with van der Waals surface area (Å²) in [7, 11) is 1.65. The lowest BCUT2D eigenvalue weighted by Gasteiger charge is -2.31. The largest absolute Gasteiger partial charge is 0.357 e. The topological polar surface area (TPSA) is 80.1 Å². The number of nitrogens with zero attached hydrogens (tertiary/aromatic N) is 4. The van der Waals surface area contributed by atoms with E-state index in [-0.39, 0.29) is 11.5 Å². The van der Waals surface area contributed by atoms with E-state index in [1.54, 1.807) is 20.2 Å². The van der Waals surface area contributed by atoms with Crippen LogP contribution in [0.25, 0.3) is 10.2 Å². The van der Waals surface area contributed by atoms with Crippen LogP contribution in [0.5, 0.6) is 0 Å². The molecule has 0 spiro atoms. The van der Waals surface area contributed by atoms with Gasteiger partial charge in [-0.3, -0.25) is 9.59 Å². The highest BCUT2D eigenvalue weighted by atomic mass is 32.1. The lowest BCUT2D eigenvalue weighted by molar-refractivity contribution is 0.103. The Morgan fingerprint density at radius 1 is 1.25 bits per heavy atom. The molecule has 3 aromatic rings. The van der Waals surface area contributed by atoms with Crippen LogP contribution in [0, 0.1) is 12.8 Å². The van der Waals surface area contributed by atoms with Gasteiger partial charge in [-0.15, -0.1) is 11.3 Å². The fourth-order valence-electron chi connectivity index (χ4n) is 3.50. The quantitative estimate of drug-likeness (QED) is 0.734. The highest BCUT2D eigenvalue weighted by Crippen LogP contribution is 2.28. The van der Waals surface area contributed by atoms with Crippen LogP contribution in [0.2, 0.25) is 0 Å². The first kappa shape index (κ1) is 18.6. The van der Waals surface area contributed by atoms with E-state index in [4.69, 9.17) is 0 Å². The maximum atomic E-state index is 12.7. The number of fused-ring (bicyclic) bond motifs is 1. The number of nitrogens with one attached hydrogen (secondary N) is 1. The number of aromatic nitrogens is 3. The normalized spacial score (nSPS) is 15.2. The Balaban J connectivity index is 1.52. The maximum absolute atomic E-state index is 12.7. The van der Waals surface area contributed by atoms with Crippen molar-refractivity contribution in [3.8, 4) is 0 Å². The molecule has 8 heteroatoms. The van der Waals surface area contributed by atoms with Crippen molar-refractivity contribution in [3.05, 3.63) is 45.5 Å². The molecule has 1 saturated heterocycles. The predicted molar refractivity (Wildman–Crippen MR) is 112 cm³/mol. The average molecular weight is 398 g/mol. The molecule has 0 aliphatic carbocycles. The Kier molecular flexibility index (Phi) is 4.89. The highest BCUT2D eigenvalue weighted by molar-refractivity contribution is 7.20. The van der Waals surface area contributed by atoms with Crippen LogP contribution in [0.15, 0.2) is 29.5 Å².